The van der Waals surface area contributed by atoms with Gasteiger partial charge in [-0.2, -0.15) is 18.3 Å². The topological polar surface area (TPSA) is 82.7 Å². The highest BCUT2D eigenvalue weighted by atomic mass is 32.1. The lowest BCUT2D eigenvalue weighted by Gasteiger charge is -2.22. The summed E-state index contributed by atoms with van der Waals surface area (Å²) in [4.78, 5) is 13.3. The predicted octanol–water partition coefficient (Wildman–Crippen LogP) is 5.42. The molecule has 0 unspecified atom stereocenters. The van der Waals surface area contributed by atoms with E-state index in [9.17, 15) is 13.2 Å². The Morgan fingerprint density at radius 1 is 1.09 bits per heavy atom. The van der Waals surface area contributed by atoms with Crippen LogP contribution in [0.4, 0.5) is 24.1 Å². The van der Waals surface area contributed by atoms with Gasteiger partial charge in [0, 0.05) is 17.6 Å². The fourth-order valence-electron chi connectivity index (χ4n) is 3.15. The van der Waals surface area contributed by atoms with Crippen molar-refractivity contribution in [1.82, 2.24) is 29.3 Å². The number of hydrogen-bond acceptors (Lipinski definition) is 7. The number of aryl methyl sites for hydroxylation is 1. The summed E-state index contributed by atoms with van der Waals surface area (Å²) in [6.07, 6.45) is -1.01. The number of hydrogen-bond donors (Lipinski definition) is 1. The van der Waals surface area contributed by atoms with Gasteiger partial charge in [-0.25, -0.2) is 19.6 Å². The standard InChI is InChI=1S/C21H22F3N7OS/c1-12-9-30(11-25-12)15-7-6-13(26-18(15)32-5)14-10-33-19(27-14)28-17-8-16(21(22,23)24)29-31(17)20(2,3)4/h6-11H,1-5H3,(H,27,28). The van der Waals surface area contributed by atoms with E-state index in [0.717, 1.165) is 17.4 Å². The fourth-order valence-corrected chi connectivity index (χ4v) is 3.87. The van der Waals surface area contributed by atoms with Gasteiger partial charge in [0.25, 0.3) is 0 Å². The summed E-state index contributed by atoms with van der Waals surface area (Å²) in [5.74, 6) is 0.597. The van der Waals surface area contributed by atoms with E-state index in [2.05, 4.69) is 25.4 Å². The first-order valence-electron chi connectivity index (χ1n) is 9.92. The van der Waals surface area contributed by atoms with Crippen molar-refractivity contribution in [2.75, 3.05) is 12.4 Å². The van der Waals surface area contributed by atoms with Gasteiger partial charge < -0.3 is 14.6 Å². The highest BCUT2D eigenvalue weighted by Crippen LogP contribution is 2.35. The summed E-state index contributed by atoms with van der Waals surface area (Å²) in [5, 5.41) is 8.90. The van der Waals surface area contributed by atoms with Crippen molar-refractivity contribution < 1.29 is 17.9 Å². The Hall–Kier alpha value is -3.41. The summed E-state index contributed by atoms with van der Waals surface area (Å²) in [6, 6.07) is 4.63. The Morgan fingerprint density at radius 3 is 2.45 bits per heavy atom. The summed E-state index contributed by atoms with van der Waals surface area (Å²) in [7, 11) is 1.53. The van der Waals surface area contributed by atoms with Crippen LogP contribution >= 0.6 is 11.3 Å². The maximum absolute atomic E-state index is 13.2. The zero-order chi connectivity index (χ0) is 24.0. The lowest BCUT2D eigenvalue weighted by molar-refractivity contribution is -0.141. The molecule has 0 saturated carbocycles. The minimum absolute atomic E-state index is 0.201. The number of halogens is 3. The lowest BCUT2D eigenvalue weighted by atomic mass is 10.1. The second-order valence-corrected chi connectivity index (χ2v) is 9.16. The Morgan fingerprint density at radius 2 is 1.85 bits per heavy atom. The van der Waals surface area contributed by atoms with Crippen molar-refractivity contribution in [3.63, 3.8) is 0 Å². The van der Waals surface area contributed by atoms with Crippen molar-refractivity contribution >= 4 is 22.3 Å². The van der Waals surface area contributed by atoms with Crippen LogP contribution in [0.3, 0.4) is 0 Å². The van der Waals surface area contributed by atoms with Crippen LogP contribution in [0.15, 0.2) is 36.1 Å². The fraction of sp³-hybridized carbons (Fsp3) is 0.333. The van der Waals surface area contributed by atoms with Crippen LogP contribution in [0.5, 0.6) is 5.88 Å². The Labute approximate surface area is 192 Å². The molecular formula is C21H22F3N7OS. The van der Waals surface area contributed by atoms with E-state index in [4.69, 9.17) is 4.74 Å². The molecule has 4 heterocycles. The minimum Gasteiger partial charge on any atom is -0.479 e. The average Bonchev–Trinajstić information content (AvgIpc) is 3.46. The van der Waals surface area contributed by atoms with Crippen molar-refractivity contribution in [3.8, 4) is 23.0 Å². The molecule has 4 aromatic heterocycles. The quantitative estimate of drug-likeness (QED) is 0.413. The molecule has 0 aliphatic rings. The molecule has 0 aromatic carbocycles. The predicted molar refractivity (Wildman–Crippen MR) is 119 cm³/mol. The number of nitrogens with one attached hydrogen (secondary N) is 1. The van der Waals surface area contributed by atoms with Crippen molar-refractivity contribution in [3.05, 3.63) is 47.5 Å². The van der Waals surface area contributed by atoms with Gasteiger partial charge in [0.15, 0.2) is 10.8 Å². The first kappa shape index (κ1) is 22.8. The molecule has 0 aliphatic heterocycles. The Kier molecular flexibility index (Phi) is 5.64. The van der Waals surface area contributed by atoms with Crippen molar-refractivity contribution in [1.29, 1.82) is 0 Å². The normalized spacial score (nSPS) is 12.2. The number of methoxy groups -OCH3 is 1. The SMILES string of the molecule is COc1nc(-c2csc(Nc3cc(C(F)(F)F)nn3C(C)(C)C)n2)ccc1-n1cnc(C)c1. The zero-order valence-electron chi connectivity index (χ0n) is 18.6. The lowest BCUT2D eigenvalue weighted by Crippen LogP contribution is -2.25. The largest absolute Gasteiger partial charge is 0.479 e. The van der Waals surface area contributed by atoms with E-state index in [1.165, 1.54) is 23.1 Å². The molecule has 12 heteroatoms. The average molecular weight is 478 g/mol. The molecule has 0 bridgehead atoms. The van der Waals surface area contributed by atoms with Crippen molar-refractivity contribution in [2.45, 2.75) is 39.4 Å². The van der Waals surface area contributed by atoms with E-state index < -0.39 is 17.4 Å². The number of alkyl halides is 3. The van der Waals surface area contributed by atoms with Gasteiger partial charge in [-0.05, 0) is 39.8 Å². The number of anilines is 2. The van der Waals surface area contributed by atoms with Gasteiger partial charge in [0.2, 0.25) is 5.88 Å². The number of pyridine rings is 1. The number of imidazole rings is 1. The maximum Gasteiger partial charge on any atom is 0.435 e. The molecule has 4 rings (SSSR count). The maximum atomic E-state index is 13.2. The molecule has 0 radical (unpaired) electrons. The van der Waals surface area contributed by atoms with Crippen LogP contribution in [0.25, 0.3) is 17.1 Å². The molecule has 8 nitrogen and oxygen atoms in total. The number of ether oxygens (including phenoxy) is 1. The van der Waals surface area contributed by atoms with Crippen molar-refractivity contribution in [2.24, 2.45) is 0 Å². The van der Waals surface area contributed by atoms with Gasteiger partial charge >= 0.3 is 6.18 Å². The molecule has 0 amide bonds. The summed E-state index contributed by atoms with van der Waals surface area (Å²) in [6.45, 7) is 7.21. The van der Waals surface area contributed by atoms with Gasteiger partial charge in [-0.15, -0.1) is 11.3 Å². The van der Waals surface area contributed by atoms with Crippen LogP contribution in [0.2, 0.25) is 0 Å². The highest BCUT2D eigenvalue weighted by molar-refractivity contribution is 7.14. The van der Waals surface area contributed by atoms with Crippen LogP contribution in [-0.2, 0) is 11.7 Å². The molecule has 0 atom stereocenters. The first-order valence-corrected chi connectivity index (χ1v) is 10.8. The number of nitrogens with zero attached hydrogens (tertiary/aromatic N) is 6. The third-order valence-corrected chi connectivity index (χ3v) is 5.42. The van der Waals surface area contributed by atoms with Gasteiger partial charge in [0.05, 0.1) is 30.4 Å². The molecule has 0 saturated heterocycles. The molecule has 174 valence electrons. The van der Waals surface area contributed by atoms with E-state index >= 15 is 0 Å². The van der Waals surface area contributed by atoms with Gasteiger partial charge in [-0.3, -0.25) is 0 Å². The smallest absolute Gasteiger partial charge is 0.435 e. The Bertz CT molecular complexity index is 1280. The zero-order valence-corrected chi connectivity index (χ0v) is 19.4. The minimum atomic E-state index is -4.54. The van der Waals surface area contributed by atoms with Gasteiger partial charge in [-0.1, -0.05) is 0 Å². The molecule has 0 fully saturated rings. The molecular weight excluding hydrogens is 455 g/mol. The third-order valence-electron chi connectivity index (χ3n) is 4.66. The molecule has 0 aliphatic carbocycles. The molecule has 0 spiro atoms. The van der Waals surface area contributed by atoms with E-state index in [0.29, 0.717) is 22.4 Å². The summed E-state index contributed by atoms with van der Waals surface area (Å²) >= 11 is 1.25. The monoisotopic (exact) mass is 477 g/mol. The summed E-state index contributed by atoms with van der Waals surface area (Å²) in [5.41, 5.74) is 1.09. The molecule has 4 aromatic rings. The number of thiazole rings is 1. The van der Waals surface area contributed by atoms with Gasteiger partial charge in [0.1, 0.15) is 17.2 Å². The number of aromatic nitrogens is 6. The second-order valence-electron chi connectivity index (χ2n) is 8.31. The highest BCUT2D eigenvalue weighted by Gasteiger charge is 2.36. The molecule has 33 heavy (non-hydrogen) atoms. The third kappa shape index (κ3) is 4.70. The number of rotatable bonds is 5. The summed E-state index contributed by atoms with van der Waals surface area (Å²) < 4.78 is 48.2. The van der Waals surface area contributed by atoms with E-state index in [1.807, 2.05) is 23.8 Å². The second kappa shape index (κ2) is 8.18. The van der Waals surface area contributed by atoms with Crippen LogP contribution in [-0.4, -0.2) is 36.4 Å². The van der Waals surface area contributed by atoms with E-state index in [1.54, 1.807) is 38.5 Å². The van der Waals surface area contributed by atoms with Crippen LogP contribution in [0.1, 0.15) is 32.2 Å². The molecule has 1 N–H and O–H groups in total. The van der Waals surface area contributed by atoms with E-state index in [-0.39, 0.29) is 5.82 Å². The van der Waals surface area contributed by atoms with Crippen LogP contribution in [0, 0.1) is 6.92 Å². The first-order chi connectivity index (χ1) is 15.5. The van der Waals surface area contributed by atoms with Crippen LogP contribution < -0.4 is 10.1 Å². The Balaban J connectivity index is 1.63.